The smallest absolute Gasteiger partial charge is 0.416 e. The topological polar surface area (TPSA) is 71.6 Å². The Kier molecular flexibility index (Phi) is 5.08. The molecule has 0 fully saturated rings. The van der Waals surface area contributed by atoms with Crippen molar-refractivity contribution in [3.63, 3.8) is 0 Å². The monoisotopic (exact) mass is 419 g/mol. The van der Waals surface area contributed by atoms with E-state index in [1.807, 2.05) is 11.0 Å². The second kappa shape index (κ2) is 7.58. The van der Waals surface area contributed by atoms with Crippen LogP contribution in [-0.2, 0) is 12.6 Å². The van der Waals surface area contributed by atoms with Crippen LogP contribution in [0.15, 0.2) is 54.7 Å². The fraction of sp³-hybridized carbons (Fsp3) is 0.190. The number of benzene rings is 2. The number of ether oxygens (including phenoxy) is 1. The zero-order chi connectivity index (χ0) is 21.5. The Balaban J connectivity index is 1.63. The Bertz CT molecular complexity index is 1090. The van der Waals surface area contributed by atoms with Crippen molar-refractivity contribution in [2.24, 2.45) is 5.73 Å². The molecular weight excluding hydrogens is 402 g/mol. The fourth-order valence-electron chi connectivity index (χ4n) is 3.51. The number of aliphatic hydroxyl groups excluding tert-OH is 1. The lowest BCUT2D eigenvalue weighted by atomic mass is 10.0. The van der Waals surface area contributed by atoms with Crippen molar-refractivity contribution >= 4 is 11.5 Å². The van der Waals surface area contributed by atoms with E-state index >= 15 is 0 Å². The van der Waals surface area contributed by atoms with Crippen LogP contribution >= 0.6 is 0 Å². The molecule has 0 spiro atoms. The van der Waals surface area contributed by atoms with E-state index in [2.05, 4.69) is 4.98 Å². The van der Waals surface area contributed by atoms with Gasteiger partial charge in [0.05, 0.1) is 5.56 Å². The SMILES string of the molecule is NC(O)c1cccc2c1CCN2c1cc(Oc2cc(F)cc(C(F)(F)F)c2)ccn1. The minimum atomic E-state index is -4.69. The van der Waals surface area contributed by atoms with Crippen LogP contribution in [0.4, 0.5) is 29.1 Å². The Labute approximate surface area is 169 Å². The Hall–Kier alpha value is -3.17. The van der Waals surface area contributed by atoms with Crippen molar-refractivity contribution in [2.75, 3.05) is 11.4 Å². The molecule has 0 radical (unpaired) electrons. The predicted molar refractivity (Wildman–Crippen MR) is 102 cm³/mol. The summed E-state index contributed by atoms with van der Waals surface area (Å²) >= 11 is 0. The standard InChI is InChI=1S/C21H17F4N3O2/c22-13-8-12(21(23,24)25)9-15(10-13)30-14-4-6-27-19(11-14)28-7-5-16-17(20(26)29)2-1-3-18(16)28/h1-4,6,8-11,20,29H,5,7,26H2. The van der Waals surface area contributed by atoms with Crippen LogP contribution in [0.25, 0.3) is 0 Å². The quantitative estimate of drug-likeness (QED) is 0.475. The lowest BCUT2D eigenvalue weighted by Gasteiger charge is -2.20. The van der Waals surface area contributed by atoms with E-state index in [9.17, 15) is 22.7 Å². The summed E-state index contributed by atoms with van der Waals surface area (Å²) in [5.74, 6) is -0.602. The summed E-state index contributed by atoms with van der Waals surface area (Å²) in [5.41, 5.74) is 6.85. The van der Waals surface area contributed by atoms with Gasteiger partial charge in [0.25, 0.3) is 0 Å². The van der Waals surface area contributed by atoms with Crippen LogP contribution < -0.4 is 15.4 Å². The van der Waals surface area contributed by atoms with E-state index in [1.165, 1.54) is 12.3 Å². The number of nitrogens with zero attached hydrogens (tertiary/aromatic N) is 2. The first kappa shape index (κ1) is 20.1. The van der Waals surface area contributed by atoms with Crippen LogP contribution in [0, 0.1) is 5.82 Å². The third-order valence-electron chi connectivity index (χ3n) is 4.81. The van der Waals surface area contributed by atoms with Crippen molar-refractivity contribution in [2.45, 2.75) is 18.8 Å². The molecule has 30 heavy (non-hydrogen) atoms. The third kappa shape index (κ3) is 3.94. The van der Waals surface area contributed by atoms with E-state index in [0.29, 0.717) is 30.4 Å². The Morgan fingerprint density at radius 3 is 2.63 bits per heavy atom. The normalized spacial score (nSPS) is 14.5. The number of halogens is 4. The predicted octanol–water partition coefficient (Wildman–Crippen LogP) is 4.68. The van der Waals surface area contributed by atoms with Gasteiger partial charge in [-0.1, -0.05) is 12.1 Å². The molecule has 1 unspecified atom stereocenters. The molecule has 0 saturated heterocycles. The summed E-state index contributed by atoms with van der Waals surface area (Å²) in [7, 11) is 0. The fourth-order valence-corrected chi connectivity index (χ4v) is 3.51. The highest BCUT2D eigenvalue weighted by Crippen LogP contribution is 2.38. The van der Waals surface area contributed by atoms with Crippen molar-refractivity contribution in [1.82, 2.24) is 4.98 Å². The van der Waals surface area contributed by atoms with E-state index in [0.717, 1.165) is 23.4 Å². The summed E-state index contributed by atoms with van der Waals surface area (Å²) in [6.07, 6.45) is -3.69. The highest BCUT2D eigenvalue weighted by atomic mass is 19.4. The molecule has 1 atom stereocenters. The van der Waals surface area contributed by atoms with Crippen LogP contribution in [0.2, 0.25) is 0 Å². The van der Waals surface area contributed by atoms with Crippen molar-refractivity contribution in [3.05, 3.63) is 77.2 Å². The van der Waals surface area contributed by atoms with Crippen LogP contribution in [0.1, 0.15) is 22.9 Å². The molecule has 1 aliphatic heterocycles. The first-order valence-corrected chi connectivity index (χ1v) is 9.07. The van der Waals surface area contributed by atoms with Gasteiger partial charge in [0.15, 0.2) is 0 Å². The van der Waals surface area contributed by atoms with Crippen LogP contribution in [-0.4, -0.2) is 16.6 Å². The van der Waals surface area contributed by atoms with Crippen molar-refractivity contribution < 1.29 is 27.4 Å². The molecule has 1 aliphatic rings. The van der Waals surface area contributed by atoms with E-state index < -0.39 is 23.8 Å². The number of nitrogens with two attached hydrogens (primary N) is 1. The lowest BCUT2D eigenvalue weighted by molar-refractivity contribution is -0.137. The first-order chi connectivity index (χ1) is 14.2. The summed E-state index contributed by atoms with van der Waals surface area (Å²) in [4.78, 5) is 6.20. The molecule has 1 aromatic heterocycles. The van der Waals surface area contributed by atoms with Gasteiger partial charge in [-0.05, 0) is 36.2 Å². The highest BCUT2D eigenvalue weighted by molar-refractivity contribution is 5.70. The van der Waals surface area contributed by atoms with E-state index in [1.54, 1.807) is 18.2 Å². The summed E-state index contributed by atoms with van der Waals surface area (Å²) in [5, 5.41) is 9.77. The number of hydrogen-bond donors (Lipinski definition) is 2. The maximum absolute atomic E-state index is 13.6. The molecule has 5 nitrogen and oxygen atoms in total. The molecule has 2 aromatic carbocycles. The van der Waals surface area contributed by atoms with Gasteiger partial charge >= 0.3 is 6.18 Å². The first-order valence-electron chi connectivity index (χ1n) is 9.07. The number of rotatable bonds is 4. The molecule has 0 saturated carbocycles. The van der Waals surface area contributed by atoms with Gasteiger partial charge in [-0.15, -0.1) is 0 Å². The van der Waals surface area contributed by atoms with Crippen molar-refractivity contribution in [3.8, 4) is 11.5 Å². The Morgan fingerprint density at radius 2 is 1.90 bits per heavy atom. The maximum Gasteiger partial charge on any atom is 0.416 e. The second-order valence-electron chi connectivity index (χ2n) is 6.82. The Morgan fingerprint density at radius 1 is 1.10 bits per heavy atom. The lowest BCUT2D eigenvalue weighted by Crippen LogP contribution is -2.14. The highest BCUT2D eigenvalue weighted by Gasteiger charge is 2.32. The largest absolute Gasteiger partial charge is 0.457 e. The number of fused-ring (bicyclic) bond motifs is 1. The summed E-state index contributed by atoms with van der Waals surface area (Å²) in [6, 6.07) is 10.5. The van der Waals surface area contributed by atoms with E-state index in [4.69, 9.17) is 10.5 Å². The number of aromatic nitrogens is 1. The van der Waals surface area contributed by atoms with Crippen molar-refractivity contribution in [1.29, 1.82) is 0 Å². The molecule has 3 aromatic rings. The molecule has 4 rings (SSSR count). The molecular formula is C21H17F4N3O2. The molecule has 0 amide bonds. The van der Waals surface area contributed by atoms with Gasteiger partial charge < -0.3 is 20.5 Å². The molecule has 156 valence electrons. The zero-order valence-corrected chi connectivity index (χ0v) is 15.5. The van der Waals surface area contributed by atoms with E-state index in [-0.39, 0.29) is 11.5 Å². The number of alkyl halides is 3. The van der Waals surface area contributed by atoms with Gasteiger partial charge in [-0.3, -0.25) is 0 Å². The van der Waals surface area contributed by atoms with Gasteiger partial charge in [0, 0.05) is 36.1 Å². The number of anilines is 2. The maximum atomic E-state index is 13.6. The second-order valence-corrected chi connectivity index (χ2v) is 6.82. The summed E-state index contributed by atoms with van der Waals surface area (Å²) < 4.78 is 57.9. The average Bonchev–Trinajstić information content (AvgIpc) is 3.11. The van der Waals surface area contributed by atoms with Gasteiger partial charge in [0.1, 0.15) is 29.4 Å². The molecule has 3 N–H and O–H groups in total. The molecule has 9 heteroatoms. The average molecular weight is 419 g/mol. The zero-order valence-electron chi connectivity index (χ0n) is 15.5. The summed E-state index contributed by atoms with van der Waals surface area (Å²) in [6.45, 7) is 0.577. The molecule has 0 aliphatic carbocycles. The van der Waals surface area contributed by atoms with Crippen LogP contribution in [0.5, 0.6) is 11.5 Å². The minimum Gasteiger partial charge on any atom is -0.457 e. The number of hydrogen-bond acceptors (Lipinski definition) is 5. The minimum absolute atomic E-state index is 0.210. The number of aliphatic hydroxyl groups is 1. The van der Waals surface area contributed by atoms with Crippen LogP contribution in [0.3, 0.4) is 0 Å². The van der Waals surface area contributed by atoms with Gasteiger partial charge in [-0.25, -0.2) is 9.37 Å². The third-order valence-corrected chi connectivity index (χ3v) is 4.81. The molecule has 0 bridgehead atoms. The number of pyridine rings is 1. The van der Waals surface area contributed by atoms with Gasteiger partial charge in [0.2, 0.25) is 0 Å². The molecule has 2 heterocycles. The van der Waals surface area contributed by atoms with Gasteiger partial charge in [-0.2, -0.15) is 13.2 Å².